The lowest BCUT2D eigenvalue weighted by Gasteiger charge is -2.38. The van der Waals surface area contributed by atoms with Crippen LogP contribution in [0.25, 0.3) is 0 Å². The van der Waals surface area contributed by atoms with Gasteiger partial charge in [-0.2, -0.15) is 0 Å². The van der Waals surface area contributed by atoms with Crippen LogP contribution in [0.15, 0.2) is 29.3 Å². The molecule has 0 radical (unpaired) electrons. The maximum Gasteiger partial charge on any atom is 0.193 e. The van der Waals surface area contributed by atoms with Crippen molar-refractivity contribution in [2.75, 3.05) is 26.7 Å². The van der Waals surface area contributed by atoms with E-state index in [4.69, 9.17) is 4.74 Å². The zero-order valence-electron chi connectivity index (χ0n) is 14.5. The molecule has 1 saturated heterocycles. The molecule has 0 amide bonds. The summed E-state index contributed by atoms with van der Waals surface area (Å²) in [6.45, 7) is 6.58. The number of ether oxygens (including phenoxy) is 1. The van der Waals surface area contributed by atoms with Crippen LogP contribution in [0.2, 0.25) is 0 Å². The molecule has 4 nitrogen and oxygen atoms in total. The van der Waals surface area contributed by atoms with E-state index in [1.54, 1.807) is 0 Å². The van der Waals surface area contributed by atoms with Crippen molar-refractivity contribution in [2.45, 2.75) is 45.8 Å². The first-order chi connectivity index (χ1) is 11.3. The van der Waals surface area contributed by atoms with Crippen molar-refractivity contribution in [1.29, 1.82) is 0 Å². The molecule has 1 heterocycles. The van der Waals surface area contributed by atoms with E-state index < -0.39 is 0 Å². The van der Waals surface area contributed by atoms with Gasteiger partial charge in [0.25, 0.3) is 0 Å². The van der Waals surface area contributed by atoms with Gasteiger partial charge in [0, 0.05) is 33.3 Å². The molecule has 2 fully saturated rings. The second-order valence-corrected chi connectivity index (χ2v) is 6.83. The lowest BCUT2D eigenvalue weighted by atomic mass is 9.68. The van der Waals surface area contributed by atoms with Gasteiger partial charge in [0.2, 0.25) is 0 Å². The van der Waals surface area contributed by atoms with Gasteiger partial charge in [0.05, 0.1) is 6.61 Å². The van der Waals surface area contributed by atoms with Gasteiger partial charge >= 0.3 is 0 Å². The molecule has 0 bridgehead atoms. The van der Waals surface area contributed by atoms with Crippen LogP contribution in [0.4, 0.5) is 0 Å². The van der Waals surface area contributed by atoms with Crippen LogP contribution >= 0.6 is 0 Å². The third-order valence-corrected chi connectivity index (χ3v) is 5.38. The number of guanidine groups is 1. The molecule has 0 atom stereocenters. The number of aliphatic imine (C=N–C) groups is 1. The van der Waals surface area contributed by atoms with Crippen molar-refractivity contribution < 1.29 is 4.74 Å². The van der Waals surface area contributed by atoms with Crippen LogP contribution in [0.5, 0.6) is 0 Å². The van der Waals surface area contributed by atoms with Gasteiger partial charge in [-0.15, -0.1) is 0 Å². The molecule has 1 saturated carbocycles. The summed E-state index contributed by atoms with van der Waals surface area (Å²) in [6.07, 6.45) is 5.54. The van der Waals surface area contributed by atoms with Crippen LogP contribution in [-0.4, -0.2) is 37.6 Å². The molecule has 1 aliphatic heterocycles. The van der Waals surface area contributed by atoms with Crippen LogP contribution in [0.1, 0.15) is 43.7 Å². The highest BCUT2D eigenvalue weighted by Gasteiger charge is 2.43. The van der Waals surface area contributed by atoms with Gasteiger partial charge in [-0.05, 0) is 42.7 Å². The van der Waals surface area contributed by atoms with E-state index in [9.17, 15) is 0 Å². The molecule has 23 heavy (non-hydrogen) atoms. The predicted molar refractivity (Wildman–Crippen MR) is 94.4 cm³/mol. The van der Waals surface area contributed by atoms with E-state index >= 15 is 0 Å². The molecule has 1 spiro atoms. The third kappa shape index (κ3) is 3.69. The fraction of sp³-hybridized carbons (Fsp3) is 0.632. The Kier molecular flexibility index (Phi) is 5.21. The van der Waals surface area contributed by atoms with Crippen LogP contribution < -0.4 is 5.32 Å². The molecular weight excluding hydrogens is 286 g/mol. The lowest BCUT2D eigenvalue weighted by molar-refractivity contribution is 0.133. The van der Waals surface area contributed by atoms with E-state index in [-0.39, 0.29) is 0 Å². The molecule has 2 aliphatic rings. The second kappa shape index (κ2) is 7.35. The van der Waals surface area contributed by atoms with Crippen molar-refractivity contribution in [3.8, 4) is 0 Å². The fourth-order valence-corrected chi connectivity index (χ4v) is 3.79. The Hall–Kier alpha value is -1.55. The van der Waals surface area contributed by atoms with Crippen molar-refractivity contribution in [3.05, 3.63) is 35.4 Å². The molecule has 1 aromatic carbocycles. The zero-order chi connectivity index (χ0) is 16.1. The molecular formula is C19H29N3O. The number of nitrogens with zero attached hydrogens (tertiary/aromatic N) is 2. The molecule has 1 aromatic rings. The van der Waals surface area contributed by atoms with Crippen molar-refractivity contribution in [1.82, 2.24) is 10.2 Å². The van der Waals surface area contributed by atoms with Crippen molar-refractivity contribution in [3.63, 3.8) is 0 Å². The first-order valence-corrected chi connectivity index (χ1v) is 8.86. The van der Waals surface area contributed by atoms with Gasteiger partial charge < -0.3 is 15.0 Å². The highest BCUT2D eigenvalue weighted by Crippen LogP contribution is 2.47. The van der Waals surface area contributed by atoms with E-state index in [0.717, 1.165) is 25.7 Å². The minimum absolute atomic E-state index is 0.602. The highest BCUT2D eigenvalue weighted by atomic mass is 16.5. The summed E-state index contributed by atoms with van der Waals surface area (Å²) in [7, 11) is 1.89. The second-order valence-electron chi connectivity index (χ2n) is 6.83. The molecule has 3 rings (SSSR count). The van der Waals surface area contributed by atoms with Crippen LogP contribution in [0, 0.1) is 5.41 Å². The summed E-state index contributed by atoms with van der Waals surface area (Å²) < 4.78 is 5.57. The van der Waals surface area contributed by atoms with Gasteiger partial charge in [-0.3, -0.25) is 4.99 Å². The highest BCUT2D eigenvalue weighted by molar-refractivity contribution is 5.80. The summed E-state index contributed by atoms with van der Waals surface area (Å²) in [5, 5.41) is 3.55. The number of rotatable bonds is 5. The van der Waals surface area contributed by atoms with E-state index in [0.29, 0.717) is 12.0 Å². The van der Waals surface area contributed by atoms with Gasteiger partial charge in [0.1, 0.15) is 0 Å². The number of hydrogen-bond acceptors (Lipinski definition) is 2. The SMILES string of the molecule is CCOCc1ccccc1CNC(=NC)N1CCC2(CCC2)C1. The minimum Gasteiger partial charge on any atom is -0.377 e. The largest absolute Gasteiger partial charge is 0.377 e. The molecule has 0 unspecified atom stereocenters. The maximum absolute atomic E-state index is 5.57. The number of likely N-dealkylation sites (tertiary alicyclic amines) is 1. The third-order valence-electron chi connectivity index (χ3n) is 5.38. The minimum atomic E-state index is 0.602. The van der Waals surface area contributed by atoms with E-state index in [1.165, 1.54) is 43.4 Å². The Labute approximate surface area is 139 Å². The zero-order valence-corrected chi connectivity index (χ0v) is 14.5. The number of nitrogens with one attached hydrogen (secondary N) is 1. The summed E-state index contributed by atoms with van der Waals surface area (Å²) in [5.41, 5.74) is 3.15. The average molecular weight is 315 g/mol. The first-order valence-electron chi connectivity index (χ1n) is 8.86. The van der Waals surface area contributed by atoms with Gasteiger partial charge in [0.15, 0.2) is 5.96 Å². The fourth-order valence-electron chi connectivity index (χ4n) is 3.79. The Morgan fingerprint density at radius 2 is 2.04 bits per heavy atom. The molecule has 1 aliphatic carbocycles. The summed E-state index contributed by atoms with van der Waals surface area (Å²) in [5.74, 6) is 1.04. The smallest absolute Gasteiger partial charge is 0.193 e. The number of benzene rings is 1. The summed E-state index contributed by atoms with van der Waals surface area (Å²) in [4.78, 5) is 6.94. The lowest BCUT2D eigenvalue weighted by Crippen LogP contribution is -2.42. The summed E-state index contributed by atoms with van der Waals surface area (Å²) in [6, 6.07) is 8.49. The van der Waals surface area contributed by atoms with E-state index in [1.807, 2.05) is 14.0 Å². The van der Waals surface area contributed by atoms with E-state index in [2.05, 4.69) is 39.5 Å². The van der Waals surface area contributed by atoms with Crippen molar-refractivity contribution in [2.24, 2.45) is 10.4 Å². The normalized spacial score (nSPS) is 19.9. The first kappa shape index (κ1) is 16.3. The number of hydrogen-bond donors (Lipinski definition) is 1. The molecule has 0 aromatic heterocycles. The Balaban J connectivity index is 1.58. The topological polar surface area (TPSA) is 36.9 Å². The Morgan fingerprint density at radius 1 is 1.26 bits per heavy atom. The predicted octanol–water partition coefficient (Wildman–Crippen LogP) is 3.17. The standard InChI is InChI=1S/C19H29N3O/c1-3-23-14-17-8-5-4-7-16(17)13-21-18(20-2)22-12-11-19(15-22)9-6-10-19/h4-5,7-8H,3,6,9-15H2,1-2H3,(H,20,21). The molecule has 1 N–H and O–H groups in total. The Bertz CT molecular complexity index is 551. The van der Waals surface area contributed by atoms with Gasteiger partial charge in [-0.25, -0.2) is 0 Å². The molecule has 4 heteroatoms. The van der Waals surface area contributed by atoms with Crippen LogP contribution in [0.3, 0.4) is 0 Å². The van der Waals surface area contributed by atoms with Crippen molar-refractivity contribution >= 4 is 5.96 Å². The quantitative estimate of drug-likeness (QED) is 0.670. The van der Waals surface area contributed by atoms with Gasteiger partial charge in [-0.1, -0.05) is 30.7 Å². The van der Waals surface area contributed by atoms with Crippen LogP contribution in [-0.2, 0) is 17.9 Å². The Morgan fingerprint density at radius 3 is 2.65 bits per heavy atom. The summed E-state index contributed by atoms with van der Waals surface area (Å²) >= 11 is 0. The molecule has 126 valence electrons. The average Bonchev–Trinajstić information content (AvgIpc) is 3.00. The maximum atomic E-state index is 5.57. The monoisotopic (exact) mass is 315 g/mol.